The van der Waals surface area contributed by atoms with Crippen LogP contribution >= 0.6 is 11.8 Å². The van der Waals surface area contributed by atoms with Crippen LogP contribution in [0, 0.1) is 17.8 Å². The number of fused-ring (bicyclic) bond motifs is 1. The molecule has 1 N–H and O–H groups in total. The van der Waals surface area contributed by atoms with E-state index >= 15 is 0 Å². The molecular formula is C32H45N3O4S. The second kappa shape index (κ2) is 12.5. The number of carbonyl (C=O) groups excluding carboxylic acids is 3. The van der Waals surface area contributed by atoms with Crippen LogP contribution in [0.15, 0.2) is 55.6 Å². The quantitative estimate of drug-likeness (QED) is 0.363. The van der Waals surface area contributed by atoms with Gasteiger partial charge in [0.15, 0.2) is 0 Å². The van der Waals surface area contributed by atoms with Crippen LogP contribution in [-0.4, -0.2) is 85.3 Å². The molecule has 7 nitrogen and oxygen atoms in total. The Morgan fingerprint density at radius 1 is 1.18 bits per heavy atom. The Morgan fingerprint density at radius 2 is 1.85 bits per heavy atom. The molecule has 0 aromatic heterocycles. The van der Waals surface area contributed by atoms with Crippen molar-refractivity contribution in [3.63, 3.8) is 0 Å². The third-order valence-electron chi connectivity index (χ3n) is 9.17. The van der Waals surface area contributed by atoms with E-state index in [4.69, 9.17) is 0 Å². The van der Waals surface area contributed by atoms with E-state index < -0.39 is 28.7 Å². The summed E-state index contributed by atoms with van der Waals surface area (Å²) < 4.78 is -0.722. The lowest BCUT2D eigenvalue weighted by atomic mass is 9.65. The molecule has 3 saturated heterocycles. The number of carbonyl (C=O) groups is 3. The first-order valence-corrected chi connectivity index (χ1v) is 15.5. The summed E-state index contributed by atoms with van der Waals surface area (Å²) in [6.07, 6.45) is 6.01. The van der Waals surface area contributed by atoms with Crippen molar-refractivity contribution < 1.29 is 19.5 Å². The molecule has 1 aromatic rings. The van der Waals surface area contributed by atoms with Crippen LogP contribution in [0.25, 0.3) is 0 Å². The SMILES string of the molecule is C=CCN(Cc1ccccc1)C(=O)[C@@H]1[C@H]2C(=O)N([C@H](C)CO)C(C(=O)N(CC=C)C(C)CCC)C23S[C@@H]1CC3C. The van der Waals surface area contributed by atoms with Gasteiger partial charge in [-0.05, 0) is 38.2 Å². The predicted molar refractivity (Wildman–Crippen MR) is 160 cm³/mol. The number of hydrogen-bond acceptors (Lipinski definition) is 5. The monoisotopic (exact) mass is 567 g/mol. The van der Waals surface area contributed by atoms with Gasteiger partial charge in [-0.2, -0.15) is 0 Å². The van der Waals surface area contributed by atoms with Gasteiger partial charge in [0.2, 0.25) is 17.7 Å². The molecule has 4 rings (SSSR count). The van der Waals surface area contributed by atoms with Crippen molar-refractivity contribution in [2.45, 2.75) is 81.6 Å². The first kappa shape index (κ1) is 30.4. The maximum atomic E-state index is 14.5. The van der Waals surface area contributed by atoms with Crippen molar-refractivity contribution in [3.8, 4) is 0 Å². The highest BCUT2D eigenvalue weighted by Gasteiger charge is 2.76. The highest BCUT2D eigenvalue weighted by atomic mass is 32.2. The highest BCUT2D eigenvalue weighted by molar-refractivity contribution is 8.02. The smallest absolute Gasteiger partial charge is 0.247 e. The van der Waals surface area contributed by atoms with Gasteiger partial charge in [-0.3, -0.25) is 14.4 Å². The molecule has 3 heterocycles. The van der Waals surface area contributed by atoms with E-state index in [0.717, 1.165) is 24.8 Å². The number of aliphatic hydroxyl groups is 1. The number of rotatable bonds is 13. The predicted octanol–water partition coefficient (Wildman–Crippen LogP) is 4.12. The van der Waals surface area contributed by atoms with Gasteiger partial charge >= 0.3 is 0 Å². The van der Waals surface area contributed by atoms with E-state index in [1.54, 1.807) is 40.6 Å². The molecular weight excluding hydrogens is 522 g/mol. The standard InChI is InChI=1S/C32H45N3O4S/c1-7-13-22(5)34(17-9-3)31(39)28-32-21(4)18-25(40-32)26(27(32)30(38)35(28)23(6)20-36)29(37)33(16-8-2)19-24-14-11-10-12-15-24/h8-12,14-15,21-23,25-28,36H,2-3,7,13,16-20H2,1,4-6H3/t21?,22?,23-,25-,26+,27+,28?,32?/m1/s1. The van der Waals surface area contributed by atoms with E-state index in [-0.39, 0.29) is 41.5 Å². The van der Waals surface area contributed by atoms with Gasteiger partial charge in [0.25, 0.3) is 0 Å². The summed E-state index contributed by atoms with van der Waals surface area (Å²) in [5.41, 5.74) is 1.02. The molecule has 2 bridgehead atoms. The number of amides is 3. The van der Waals surface area contributed by atoms with Gasteiger partial charge in [-0.1, -0.05) is 62.8 Å². The minimum Gasteiger partial charge on any atom is -0.394 e. The zero-order valence-electron chi connectivity index (χ0n) is 24.4. The number of hydrogen-bond donors (Lipinski definition) is 1. The van der Waals surface area contributed by atoms with E-state index in [0.29, 0.717) is 19.6 Å². The van der Waals surface area contributed by atoms with Crippen LogP contribution < -0.4 is 0 Å². The van der Waals surface area contributed by atoms with Gasteiger partial charge in [0, 0.05) is 30.9 Å². The molecule has 3 fully saturated rings. The summed E-state index contributed by atoms with van der Waals surface area (Å²) >= 11 is 1.68. The minimum atomic E-state index is -0.740. The molecule has 0 radical (unpaired) electrons. The minimum absolute atomic E-state index is 0.0161. The number of nitrogens with zero attached hydrogens (tertiary/aromatic N) is 3. The van der Waals surface area contributed by atoms with Crippen LogP contribution in [-0.2, 0) is 20.9 Å². The fourth-order valence-corrected chi connectivity index (χ4v) is 9.74. The summed E-state index contributed by atoms with van der Waals surface area (Å²) in [4.78, 5) is 48.5. The lowest BCUT2D eigenvalue weighted by molar-refractivity contribution is -0.147. The topological polar surface area (TPSA) is 81.2 Å². The van der Waals surface area contributed by atoms with Gasteiger partial charge in [0.05, 0.1) is 29.2 Å². The van der Waals surface area contributed by atoms with Crippen LogP contribution in [0.5, 0.6) is 0 Å². The lowest BCUT2D eigenvalue weighted by Crippen LogP contribution is -2.60. The Balaban J connectivity index is 1.76. The van der Waals surface area contributed by atoms with Crippen molar-refractivity contribution in [1.82, 2.24) is 14.7 Å². The molecule has 0 saturated carbocycles. The van der Waals surface area contributed by atoms with Crippen LogP contribution in [0.4, 0.5) is 0 Å². The molecule has 1 spiro atoms. The van der Waals surface area contributed by atoms with Crippen molar-refractivity contribution in [2.24, 2.45) is 17.8 Å². The zero-order chi connectivity index (χ0) is 29.2. The third-order valence-corrected chi connectivity index (χ3v) is 11.2. The summed E-state index contributed by atoms with van der Waals surface area (Å²) in [5.74, 6) is -1.40. The summed E-state index contributed by atoms with van der Waals surface area (Å²) in [6, 6.07) is 8.55. The molecule has 3 aliphatic rings. The summed E-state index contributed by atoms with van der Waals surface area (Å²) in [5, 5.41) is 10.2. The maximum Gasteiger partial charge on any atom is 0.247 e. The Morgan fingerprint density at radius 3 is 2.45 bits per heavy atom. The van der Waals surface area contributed by atoms with Gasteiger partial charge in [-0.25, -0.2) is 0 Å². The second-order valence-corrected chi connectivity index (χ2v) is 13.3. The first-order valence-electron chi connectivity index (χ1n) is 14.6. The molecule has 3 aliphatic heterocycles. The molecule has 3 amide bonds. The Hall–Kier alpha value is -2.58. The van der Waals surface area contributed by atoms with Crippen LogP contribution in [0.3, 0.4) is 0 Å². The Bertz CT molecular complexity index is 1110. The van der Waals surface area contributed by atoms with Gasteiger partial charge < -0.3 is 19.8 Å². The lowest BCUT2D eigenvalue weighted by Gasteiger charge is -2.43. The molecule has 4 unspecified atom stereocenters. The Kier molecular flexibility index (Phi) is 9.51. The number of aliphatic hydroxyl groups excluding tert-OH is 1. The van der Waals surface area contributed by atoms with Crippen molar-refractivity contribution in [2.75, 3.05) is 19.7 Å². The average molecular weight is 568 g/mol. The average Bonchev–Trinajstić information content (AvgIpc) is 3.54. The summed E-state index contributed by atoms with van der Waals surface area (Å²) in [6.45, 7) is 16.8. The first-order chi connectivity index (χ1) is 19.2. The van der Waals surface area contributed by atoms with Gasteiger partial charge in [-0.15, -0.1) is 24.9 Å². The fourth-order valence-electron chi connectivity index (χ4n) is 7.34. The molecule has 218 valence electrons. The third kappa shape index (κ3) is 5.02. The fraction of sp³-hybridized carbons (Fsp3) is 0.594. The van der Waals surface area contributed by atoms with E-state index in [9.17, 15) is 19.5 Å². The number of likely N-dealkylation sites (tertiary alicyclic amines) is 1. The van der Waals surface area contributed by atoms with E-state index in [2.05, 4.69) is 27.0 Å². The molecule has 40 heavy (non-hydrogen) atoms. The maximum absolute atomic E-state index is 14.5. The number of thioether (sulfide) groups is 1. The van der Waals surface area contributed by atoms with Crippen LogP contribution in [0.1, 0.15) is 52.5 Å². The number of benzene rings is 1. The molecule has 8 heteroatoms. The molecule has 1 aromatic carbocycles. The Labute approximate surface area is 243 Å². The van der Waals surface area contributed by atoms with Crippen molar-refractivity contribution in [3.05, 3.63) is 61.2 Å². The molecule has 0 aliphatic carbocycles. The largest absolute Gasteiger partial charge is 0.394 e. The summed E-state index contributed by atoms with van der Waals surface area (Å²) in [7, 11) is 0. The van der Waals surface area contributed by atoms with Crippen LogP contribution in [0.2, 0.25) is 0 Å². The highest BCUT2D eigenvalue weighted by Crippen LogP contribution is 2.69. The van der Waals surface area contributed by atoms with Gasteiger partial charge in [0.1, 0.15) is 6.04 Å². The normalized spacial score (nSPS) is 30.1. The van der Waals surface area contributed by atoms with E-state index in [1.807, 2.05) is 42.2 Å². The second-order valence-electron chi connectivity index (χ2n) is 11.7. The zero-order valence-corrected chi connectivity index (χ0v) is 25.2. The van der Waals surface area contributed by atoms with E-state index in [1.165, 1.54) is 0 Å². The molecule has 8 atom stereocenters. The van der Waals surface area contributed by atoms with Crippen molar-refractivity contribution >= 4 is 29.5 Å². The van der Waals surface area contributed by atoms with Crippen molar-refractivity contribution in [1.29, 1.82) is 0 Å².